The van der Waals surface area contributed by atoms with Gasteiger partial charge in [0.25, 0.3) is 0 Å². The Balaban J connectivity index is 2.79. The minimum atomic E-state index is -0.939. The van der Waals surface area contributed by atoms with Crippen molar-refractivity contribution < 1.29 is 9.90 Å². The average molecular weight is 156 g/mol. The van der Waals surface area contributed by atoms with Gasteiger partial charge in [-0.15, -0.1) is 15.0 Å². The molecule has 0 aliphatic carbocycles. The Hall–Kier alpha value is -1.46. The summed E-state index contributed by atoms with van der Waals surface area (Å²) in [6.07, 6.45) is 1.66. The molecule has 0 fully saturated rings. The smallest absolute Gasteiger partial charge is 0.330 e. The SMILES string of the molecule is CCC(C(=O)O)n1ncnn1. The molecule has 0 aromatic carbocycles. The molecule has 60 valence electrons. The van der Waals surface area contributed by atoms with Gasteiger partial charge in [0.1, 0.15) is 0 Å². The van der Waals surface area contributed by atoms with Crippen molar-refractivity contribution >= 4 is 5.97 Å². The molecule has 0 spiro atoms. The van der Waals surface area contributed by atoms with Gasteiger partial charge in [-0.25, -0.2) is 4.79 Å². The fraction of sp³-hybridized carbons (Fsp3) is 0.600. The third-order valence-corrected chi connectivity index (χ3v) is 1.32. The van der Waals surface area contributed by atoms with E-state index in [-0.39, 0.29) is 0 Å². The first-order chi connectivity index (χ1) is 5.25. The first-order valence-corrected chi connectivity index (χ1v) is 3.21. The van der Waals surface area contributed by atoms with Crippen molar-refractivity contribution in [2.24, 2.45) is 0 Å². The molecule has 0 aliphatic heterocycles. The zero-order valence-corrected chi connectivity index (χ0v) is 6.01. The molecule has 1 unspecified atom stereocenters. The number of carbonyl (C=O) groups is 1. The van der Waals surface area contributed by atoms with E-state index in [1.807, 2.05) is 0 Å². The maximum atomic E-state index is 10.5. The Labute approximate surface area is 62.8 Å². The number of tetrazole rings is 1. The van der Waals surface area contributed by atoms with E-state index < -0.39 is 12.0 Å². The van der Waals surface area contributed by atoms with E-state index in [9.17, 15) is 4.79 Å². The molecule has 0 amide bonds. The molecule has 0 aliphatic rings. The Bertz CT molecular complexity index is 233. The minimum absolute atomic E-state index is 0.450. The van der Waals surface area contributed by atoms with Crippen LogP contribution in [0.2, 0.25) is 0 Å². The number of hydrogen-bond donors (Lipinski definition) is 1. The summed E-state index contributed by atoms with van der Waals surface area (Å²) in [4.78, 5) is 11.6. The minimum Gasteiger partial charge on any atom is -0.480 e. The van der Waals surface area contributed by atoms with Gasteiger partial charge >= 0.3 is 5.97 Å². The predicted molar refractivity (Wildman–Crippen MR) is 34.8 cm³/mol. The Morgan fingerprint density at radius 1 is 1.82 bits per heavy atom. The lowest BCUT2D eigenvalue weighted by molar-refractivity contribution is -0.141. The van der Waals surface area contributed by atoms with E-state index in [2.05, 4.69) is 15.4 Å². The fourth-order valence-corrected chi connectivity index (χ4v) is 0.755. The summed E-state index contributed by atoms with van der Waals surface area (Å²) >= 11 is 0. The lowest BCUT2D eigenvalue weighted by atomic mass is 10.2. The first kappa shape index (κ1) is 7.64. The van der Waals surface area contributed by atoms with Crippen LogP contribution in [0.25, 0.3) is 0 Å². The molecule has 11 heavy (non-hydrogen) atoms. The van der Waals surface area contributed by atoms with Crippen LogP contribution in [0.15, 0.2) is 6.33 Å². The van der Waals surface area contributed by atoms with Crippen LogP contribution in [-0.4, -0.2) is 31.3 Å². The number of hydrogen-bond acceptors (Lipinski definition) is 4. The van der Waals surface area contributed by atoms with Crippen LogP contribution in [-0.2, 0) is 4.79 Å². The van der Waals surface area contributed by atoms with E-state index in [0.717, 1.165) is 4.80 Å². The van der Waals surface area contributed by atoms with Crippen molar-refractivity contribution in [1.29, 1.82) is 0 Å². The monoisotopic (exact) mass is 156 g/mol. The molecule has 1 N–H and O–H groups in total. The third-order valence-electron chi connectivity index (χ3n) is 1.32. The van der Waals surface area contributed by atoms with Gasteiger partial charge in [0.15, 0.2) is 12.4 Å². The van der Waals surface area contributed by atoms with E-state index in [0.29, 0.717) is 6.42 Å². The molecular formula is C5H8N4O2. The number of rotatable bonds is 3. The molecule has 1 rings (SSSR count). The van der Waals surface area contributed by atoms with E-state index >= 15 is 0 Å². The van der Waals surface area contributed by atoms with Crippen LogP contribution >= 0.6 is 0 Å². The first-order valence-electron chi connectivity index (χ1n) is 3.21. The molecule has 6 heteroatoms. The number of aromatic nitrogens is 4. The molecule has 6 nitrogen and oxygen atoms in total. The third kappa shape index (κ3) is 1.51. The van der Waals surface area contributed by atoms with Gasteiger partial charge in [-0.05, 0) is 11.6 Å². The highest BCUT2D eigenvalue weighted by atomic mass is 16.4. The zero-order chi connectivity index (χ0) is 8.27. The van der Waals surface area contributed by atoms with Crippen molar-refractivity contribution in [1.82, 2.24) is 20.2 Å². The second-order valence-corrected chi connectivity index (χ2v) is 2.02. The summed E-state index contributed by atoms with van der Waals surface area (Å²) < 4.78 is 0. The van der Waals surface area contributed by atoms with Crippen LogP contribution in [0.4, 0.5) is 0 Å². The van der Waals surface area contributed by atoms with Gasteiger partial charge in [-0.1, -0.05) is 6.92 Å². The van der Waals surface area contributed by atoms with Crippen LogP contribution in [0.1, 0.15) is 19.4 Å². The molecule has 0 radical (unpaired) electrons. The normalized spacial score (nSPS) is 12.8. The summed E-state index contributed by atoms with van der Waals surface area (Å²) in [5, 5.41) is 19.1. The molecule has 1 atom stereocenters. The van der Waals surface area contributed by atoms with Crippen molar-refractivity contribution in [2.75, 3.05) is 0 Å². The number of nitrogens with zero attached hydrogens (tertiary/aromatic N) is 4. The quantitative estimate of drug-likeness (QED) is 0.650. The average Bonchev–Trinajstić information content (AvgIpc) is 2.40. The van der Waals surface area contributed by atoms with Gasteiger partial charge in [-0.2, -0.15) is 0 Å². The van der Waals surface area contributed by atoms with Gasteiger partial charge in [0.05, 0.1) is 0 Å². The highest BCUT2D eigenvalue weighted by Gasteiger charge is 2.18. The molecule has 1 aromatic rings. The predicted octanol–water partition coefficient (Wildman–Crippen LogP) is -0.291. The molecule has 0 saturated carbocycles. The summed E-state index contributed by atoms with van der Waals surface area (Å²) in [7, 11) is 0. The summed E-state index contributed by atoms with van der Waals surface area (Å²) in [6.45, 7) is 1.75. The Kier molecular flexibility index (Phi) is 2.15. The topological polar surface area (TPSA) is 80.9 Å². The van der Waals surface area contributed by atoms with Crippen molar-refractivity contribution in [3.05, 3.63) is 6.33 Å². The van der Waals surface area contributed by atoms with Crippen molar-refractivity contribution in [3.63, 3.8) is 0 Å². The molecule has 1 heterocycles. The maximum Gasteiger partial charge on any atom is 0.330 e. The number of carboxylic acid groups (broad SMARTS) is 1. The number of aliphatic carboxylic acids is 1. The largest absolute Gasteiger partial charge is 0.480 e. The highest BCUT2D eigenvalue weighted by Crippen LogP contribution is 2.05. The van der Waals surface area contributed by atoms with Crippen molar-refractivity contribution in [3.8, 4) is 0 Å². The molecule has 1 aromatic heterocycles. The second kappa shape index (κ2) is 3.09. The maximum absolute atomic E-state index is 10.5. The zero-order valence-electron chi connectivity index (χ0n) is 6.01. The van der Waals surface area contributed by atoms with Gasteiger partial charge in [0, 0.05) is 0 Å². The fourth-order valence-electron chi connectivity index (χ4n) is 0.755. The Morgan fingerprint density at radius 2 is 2.55 bits per heavy atom. The molecule has 0 saturated heterocycles. The molecular weight excluding hydrogens is 148 g/mol. The van der Waals surface area contributed by atoms with Gasteiger partial charge in [-0.3, -0.25) is 0 Å². The summed E-state index contributed by atoms with van der Waals surface area (Å²) in [5.74, 6) is -0.939. The Morgan fingerprint density at radius 3 is 2.91 bits per heavy atom. The van der Waals surface area contributed by atoms with Crippen LogP contribution in [0.3, 0.4) is 0 Å². The summed E-state index contributed by atoms with van der Waals surface area (Å²) in [6, 6.07) is -0.697. The van der Waals surface area contributed by atoms with E-state index in [4.69, 9.17) is 5.11 Å². The van der Waals surface area contributed by atoms with Crippen molar-refractivity contribution in [2.45, 2.75) is 19.4 Å². The second-order valence-electron chi connectivity index (χ2n) is 2.02. The molecule has 0 bridgehead atoms. The van der Waals surface area contributed by atoms with E-state index in [1.165, 1.54) is 6.33 Å². The van der Waals surface area contributed by atoms with Crippen LogP contribution in [0.5, 0.6) is 0 Å². The van der Waals surface area contributed by atoms with E-state index in [1.54, 1.807) is 6.92 Å². The number of carboxylic acids is 1. The van der Waals surface area contributed by atoms with Crippen LogP contribution in [0, 0.1) is 0 Å². The van der Waals surface area contributed by atoms with Crippen LogP contribution < -0.4 is 0 Å². The highest BCUT2D eigenvalue weighted by molar-refractivity contribution is 5.71. The summed E-state index contributed by atoms with van der Waals surface area (Å²) in [5.41, 5.74) is 0. The van der Waals surface area contributed by atoms with Gasteiger partial charge < -0.3 is 5.11 Å². The lowest BCUT2D eigenvalue weighted by Gasteiger charge is -2.05. The lowest BCUT2D eigenvalue weighted by Crippen LogP contribution is -2.20. The van der Waals surface area contributed by atoms with Gasteiger partial charge in [0.2, 0.25) is 0 Å². The standard InChI is InChI=1S/C5H8N4O2/c1-2-4(5(10)11)9-7-3-6-8-9/h3-4H,2H2,1H3,(H,10,11).